The molecule has 0 spiro atoms. The summed E-state index contributed by atoms with van der Waals surface area (Å²) < 4.78 is 0. The summed E-state index contributed by atoms with van der Waals surface area (Å²) in [4.78, 5) is 2.76. The van der Waals surface area contributed by atoms with E-state index >= 15 is 0 Å². The number of alkyl halides is 1. The third kappa shape index (κ3) is 6.21. The van der Waals surface area contributed by atoms with E-state index < -0.39 is 0 Å². The topological polar surface area (TPSA) is 15.3 Å². The Hall–Kier alpha value is -0.0500. The SMILES string of the molecule is CCC[C@H](CN1CCC(C2=CCC(Cl)CC2)C(C)(C)C1)NCC1CCCC1. The Morgan fingerprint density at radius 3 is 2.63 bits per heavy atom. The van der Waals surface area contributed by atoms with Gasteiger partial charge in [-0.25, -0.2) is 0 Å². The van der Waals surface area contributed by atoms with Gasteiger partial charge < -0.3 is 10.2 Å². The summed E-state index contributed by atoms with van der Waals surface area (Å²) in [6.07, 6.45) is 15.7. The second-order valence-corrected chi connectivity index (χ2v) is 10.9. The second kappa shape index (κ2) is 10.1. The third-order valence-electron chi connectivity index (χ3n) is 7.42. The molecule has 27 heavy (non-hydrogen) atoms. The Morgan fingerprint density at radius 1 is 1.22 bits per heavy atom. The van der Waals surface area contributed by atoms with Crippen LogP contribution in [-0.2, 0) is 0 Å². The fourth-order valence-corrected chi connectivity index (χ4v) is 6.11. The van der Waals surface area contributed by atoms with Crippen molar-refractivity contribution < 1.29 is 0 Å². The van der Waals surface area contributed by atoms with Crippen molar-refractivity contribution in [3.05, 3.63) is 11.6 Å². The van der Waals surface area contributed by atoms with E-state index in [2.05, 4.69) is 37.1 Å². The lowest BCUT2D eigenvalue weighted by Crippen LogP contribution is -2.51. The van der Waals surface area contributed by atoms with E-state index in [0.29, 0.717) is 16.8 Å². The Labute approximate surface area is 173 Å². The van der Waals surface area contributed by atoms with E-state index in [4.69, 9.17) is 11.6 Å². The zero-order valence-electron chi connectivity index (χ0n) is 18.1. The fraction of sp³-hybridized carbons (Fsp3) is 0.917. The Kier molecular flexibility index (Phi) is 8.12. The number of piperidine rings is 1. The lowest BCUT2D eigenvalue weighted by Gasteiger charge is -2.47. The minimum atomic E-state index is 0.373. The van der Waals surface area contributed by atoms with Gasteiger partial charge in [-0.2, -0.15) is 0 Å². The van der Waals surface area contributed by atoms with Crippen molar-refractivity contribution in [3.8, 4) is 0 Å². The number of likely N-dealkylation sites (tertiary alicyclic amines) is 1. The molecule has 1 heterocycles. The van der Waals surface area contributed by atoms with Gasteiger partial charge in [-0.15, -0.1) is 11.6 Å². The van der Waals surface area contributed by atoms with Crippen LogP contribution in [0.15, 0.2) is 11.6 Å². The van der Waals surface area contributed by atoms with Gasteiger partial charge in [-0.3, -0.25) is 0 Å². The van der Waals surface area contributed by atoms with Crippen LogP contribution in [-0.4, -0.2) is 42.5 Å². The summed E-state index contributed by atoms with van der Waals surface area (Å²) in [6, 6.07) is 0.675. The van der Waals surface area contributed by atoms with E-state index in [1.165, 1.54) is 84.0 Å². The summed E-state index contributed by atoms with van der Waals surface area (Å²) in [7, 11) is 0. The predicted octanol–water partition coefficient (Wildman–Crippen LogP) is 6.00. The molecule has 0 aromatic carbocycles. The first-order chi connectivity index (χ1) is 13.0. The first-order valence-electron chi connectivity index (χ1n) is 11.8. The summed E-state index contributed by atoms with van der Waals surface area (Å²) in [5.74, 6) is 1.70. The largest absolute Gasteiger partial charge is 0.312 e. The van der Waals surface area contributed by atoms with Gasteiger partial charge >= 0.3 is 0 Å². The standard InChI is InChI=1S/C24H43ClN2/c1-4-7-22(26-16-19-8-5-6-9-19)17-27-15-14-23(24(2,3)18-27)20-10-12-21(25)13-11-20/h10,19,21-23,26H,4-9,11-18H2,1-3H3/t21?,22-,23?/m1/s1. The van der Waals surface area contributed by atoms with Crippen LogP contribution in [0, 0.1) is 17.3 Å². The van der Waals surface area contributed by atoms with E-state index in [0.717, 1.165) is 18.3 Å². The molecule has 3 heteroatoms. The smallest absolute Gasteiger partial charge is 0.0373 e. The molecule has 1 aliphatic heterocycles. The van der Waals surface area contributed by atoms with Crippen molar-refractivity contribution in [3.63, 3.8) is 0 Å². The molecule has 2 fully saturated rings. The van der Waals surface area contributed by atoms with Crippen LogP contribution in [0.3, 0.4) is 0 Å². The zero-order chi connectivity index (χ0) is 19.3. The Bertz CT molecular complexity index is 481. The van der Waals surface area contributed by atoms with E-state index in [1.54, 1.807) is 5.57 Å². The molecule has 3 aliphatic rings. The highest BCUT2D eigenvalue weighted by Gasteiger charge is 2.38. The molecule has 0 bridgehead atoms. The van der Waals surface area contributed by atoms with Crippen LogP contribution < -0.4 is 5.32 Å². The molecule has 1 N–H and O–H groups in total. The van der Waals surface area contributed by atoms with Gasteiger partial charge in [0.15, 0.2) is 0 Å². The number of nitrogens with zero attached hydrogens (tertiary/aromatic N) is 1. The molecule has 2 aliphatic carbocycles. The number of halogens is 1. The van der Waals surface area contributed by atoms with Crippen molar-refractivity contribution in [2.24, 2.45) is 17.3 Å². The number of hydrogen-bond acceptors (Lipinski definition) is 2. The van der Waals surface area contributed by atoms with Crippen molar-refractivity contribution in [2.45, 2.75) is 96.4 Å². The number of allylic oxidation sites excluding steroid dienone is 2. The molecule has 3 rings (SSSR count). The van der Waals surface area contributed by atoms with Gasteiger partial charge in [-0.05, 0) is 75.3 Å². The molecule has 0 amide bonds. The molecule has 2 unspecified atom stereocenters. The minimum Gasteiger partial charge on any atom is -0.312 e. The lowest BCUT2D eigenvalue weighted by atomic mass is 9.68. The Balaban J connectivity index is 1.51. The van der Waals surface area contributed by atoms with Crippen LogP contribution in [0.25, 0.3) is 0 Å². The van der Waals surface area contributed by atoms with Gasteiger partial charge in [0.25, 0.3) is 0 Å². The van der Waals surface area contributed by atoms with Crippen LogP contribution in [0.4, 0.5) is 0 Å². The maximum absolute atomic E-state index is 6.32. The summed E-state index contributed by atoms with van der Waals surface area (Å²) in [6.45, 7) is 12.3. The van der Waals surface area contributed by atoms with Crippen molar-refractivity contribution in [1.29, 1.82) is 0 Å². The molecule has 156 valence electrons. The van der Waals surface area contributed by atoms with Crippen molar-refractivity contribution in [1.82, 2.24) is 10.2 Å². The van der Waals surface area contributed by atoms with E-state index in [1.807, 2.05) is 0 Å². The highest BCUT2D eigenvalue weighted by Crippen LogP contribution is 2.43. The van der Waals surface area contributed by atoms with Crippen molar-refractivity contribution in [2.75, 3.05) is 26.2 Å². The van der Waals surface area contributed by atoms with Crippen LogP contribution >= 0.6 is 11.6 Å². The van der Waals surface area contributed by atoms with Gasteiger partial charge in [0.05, 0.1) is 0 Å². The third-order valence-corrected chi connectivity index (χ3v) is 7.82. The van der Waals surface area contributed by atoms with Crippen LogP contribution in [0.5, 0.6) is 0 Å². The van der Waals surface area contributed by atoms with E-state index in [9.17, 15) is 0 Å². The van der Waals surface area contributed by atoms with Crippen LogP contribution in [0.2, 0.25) is 0 Å². The molecule has 1 saturated heterocycles. The number of hydrogen-bond donors (Lipinski definition) is 1. The normalized spacial score (nSPS) is 31.0. The summed E-state index contributed by atoms with van der Waals surface area (Å²) in [5, 5.41) is 4.32. The molecule has 2 nitrogen and oxygen atoms in total. The molecule has 0 aromatic heterocycles. The van der Waals surface area contributed by atoms with E-state index in [-0.39, 0.29) is 0 Å². The van der Waals surface area contributed by atoms with Gasteiger partial charge in [0.2, 0.25) is 0 Å². The fourth-order valence-electron chi connectivity index (χ4n) is 5.92. The molecule has 0 radical (unpaired) electrons. The molecule has 3 atom stereocenters. The van der Waals surface area contributed by atoms with Gasteiger partial charge in [-0.1, -0.05) is 51.7 Å². The minimum absolute atomic E-state index is 0.373. The van der Waals surface area contributed by atoms with Crippen molar-refractivity contribution >= 4 is 11.6 Å². The first-order valence-corrected chi connectivity index (χ1v) is 12.2. The molecule has 0 aromatic rings. The molecular weight excluding hydrogens is 352 g/mol. The van der Waals surface area contributed by atoms with Gasteiger partial charge in [0.1, 0.15) is 0 Å². The summed E-state index contributed by atoms with van der Waals surface area (Å²) in [5.41, 5.74) is 2.09. The maximum atomic E-state index is 6.32. The lowest BCUT2D eigenvalue weighted by molar-refractivity contribution is 0.0628. The maximum Gasteiger partial charge on any atom is 0.0373 e. The highest BCUT2D eigenvalue weighted by atomic mass is 35.5. The zero-order valence-corrected chi connectivity index (χ0v) is 18.9. The average Bonchev–Trinajstić information content (AvgIpc) is 3.14. The van der Waals surface area contributed by atoms with Gasteiger partial charge in [0, 0.05) is 24.5 Å². The Morgan fingerprint density at radius 2 is 2.00 bits per heavy atom. The average molecular weight is 395 g/mol. The number of rotatable bonds is 8. The van der Waals surface area contributed by atoms with Crippen LogP contribution in [0.1, 0.15) is 85.0 Å². The number of nitrogens with one attached hydrogen (secondary N) is 1. The monoisotopic (exact) mass is 394 g/mol. The highest BCUT2D eigenvalue weighted by molar-refractivity contribution is 6.20. The molecule has 1 saturated carbocycles. The second-order valence-electron chi connectivity index (χ2n) is 10.3. The molecular formula is C24H43ClN2. The predicted molar refractivity (Wildman–Crippen MR) is 119 cm³/mol. The quantitative estimate of drug-likeness (QED) is 0.401. The first kappa shape index (κ1) is 21.7. The summed E-state index contributed by atoms with van der Waals surface area (Å²) >= 11 is 6.32.